The van der Waals surface area contributed by atoms with Crippen LogP contribution in [0.2, 0.25) is 0 Å². The second-order valence-electron chi connectivity index (χ2n) is 12.4. The van der Waals surface area contributed by atoms with Crippen molar-refractivity contribution in [2.24, 2.45) is 0 Å². The highest BCUT2D eigenvalue weighted by molar-refractivity contribution is 9.10. The number of hydrogen-bond acceptors (Lipinski definition) is 2. The number of halogens is 1. The maximum absolute atomic E-state index is 3.91. The van der Waals surface area contributed by atoms with E-state index in [1.165, 1.54) is 27.1 Å². The van der Waals surface area contributed by atoms with Gasteiger partial charge in [0.05, 0.1) is 11.0 Å². The molecular formula is C46H32BrN3. The quantitative estimate of drug-likeness (QED) is 0.163. The van der Waals surface area contributed by atoms with Gasteiger partial charge in [-0.2, -0.15) is 0 Å². The second kappa shape index (κ2) is 12.7. The molecule has 9 aromatic rings. The van der Waals surface area contributed by atoms with Gasteiger partial charge in [0, 0.05) is 55.1 Å². The van der Waals surface area contributed by atoms with E-state index in [4.69, 9.17) is 0 Å². The molecule has 3 nitrogen and oxygen atoms in total. The summed E-state index contributed by atoms with van der Waals surface area (Å²) in [6.07, 6.45) is 0. The molecule has 238 valence electrons. The van der Waals surface area contributed by atoms with Crippen molar-refractivity contribution in [1.29, 1.82) is 0 Å². The van der Waals surface area contributed by atoms with E-state index in [1.807, 2.05) is 0 Å². The molecule has 0 saturated carbocycles. The van der Waals surface area contributed by atoms with Crippen LogP contribution in [0, 0.1) is 0 Å². The van der Waals surface area contributed by atoms with E-state index in [0.717, 1.165) is 49.8 Å². The van der Waals surface area contributed by atoms with Gasteiger partial charge in [-0.05, 0) is 95.7 Å². The standard InChI is InChI=1S/C46H32BrN3/c47-35-29-41(48(36-16-4-1-5-17-36)37-18-6-2-7-19-37)31-42(30-35)49(38-20-8-3-9-21-38)40-26-27-44-43-22-12-13-23-45(43)50(46(44)32-40)39-25-24-33-14-10-11-15-34(33)28-39/h1-32H. The van der Waals surface area contributed by atoms with Gasteiger partial charge < -0.3 is 14.4 Å². The lowest BCUT2D eigenvalue weighted by molar-refractivity contribution is 1.18. The number of para-hydroxylation sites is 4. The first-order valence-corrected chi connectivity index (χ1v) is 17.6. The minimum absolute atomic E-state index is 0.995. The molecule has 0 amide bonds. The SMILES string of the molecule is Brc1cc(N(c2ccccc2)c2ccccc2)cc(N(c2ccccc2)c2ccc3c4ccccc4n(-c4ccc5ccccc5c4)c3c2)c1. The summed E-state index contributed by atoms with van der Waals surface area (Å²) in [6, 6.07) is 69.3. The van der Waals surface area contributed by atoms with Gasteiger partial charge in [-0.1, -0.05) is 125 Å². The number of hydrogen-bond donors (Lipinski definition) is 0. The molecule has 0 bridgehead atoms. The van der Waals surface area contributed by atoms with Crippen molar-refractivity contribution < 1.29 is 0 Å². The molecule has 0 N–H and O–H groups in total. The Morgan fingerprint density at radius 3 is 1.50 bits per heavy atom. The van der Waals surface area contributed by atoms with Crippen LogP contribution in [0.4, 0.5) is 34.1 Å². The average molecular weight is 707 g/mol. The molecule has 0 unspecified atom stereocenters. The van der Waals surface area contributed by atoms with Crippen LogP contribution in [-0.2, 0) is 0 Å². The Balaban J connectivity index is 1.26. The van der Waals surface area contributed by atoms with Gasteiger partial charge in [0.15, 0.2) is 0 Å². The van der Waals surface area contributed by atoms with Gasteiger partial charge in [0.25, 0.3) is 0 Å². The van der Waals surface area contributed by atoms with Gasteiger partial charge >= 0.3 is 0 Å². The first-order chi connectivity index (χ1) is 24.7. The molecule has 9 rings (SSSR count). The fourth-order valence-electron chi connectivity index (χ4n) is 7.13. The van der Waals surface area contributed by atoms with Gasteiger partial charge in [-0.25, -0.2) is 0 Å². The van der Waals surface area contributed by atoms with Crippen molar-refractivity contribution in [3.8, 4) is 5.69 Å². The highest BCUT2D eigenvalue weighted by atomic mass is 79.9. The van der Waals surface area contributed by atoms with Crippen molar-refractivity contribution in [3.63, 3.8) is 0 Å². The van der Waals surface area contributed by atoms with Crippen molar-refractivity contribution >= 4 is 82.6 Å². The Hall–Kier alpha value is -6.10. The fraction of sp³-hybridized carbons (Fsp3) is 0. The molecule has 0 atom stereocenters. The zero-order valence-electron chi connectivity index (χ0n) is 27.2. The molecule has 0 aliphatic heterocycles. The third kappa shape index (κ3) is 5.40. The van der Waals surface area contributed by atoms with E-state index >= 15 is 0 Å². The van der Waals surface area contributed by atoms with Gasteiger partial charge in [-0.15, -0.1) is 0 Å². The van der Waals surface area contributed by atoms with Gasteiger partial charge in [-0.3, -0.25) is 0 Å². The lowest BCUT2D eigenvalue weighted by Crippen LogP contribution is -2.13. The van der Waals surface area contributed by atoms with Crippen molar-refractivity contribution in [2.45, 2.75) is 0 Å². The summed E-state index contributed by atoms with van der Waals surface area (Å²) < 4.78 is 3.40. The van der Waals surface area contributed by atoms with Gasteiger partial charge in [0.1, 0.15) is 0 Å². The van der Waals surface area contributed by atoms with E-state index < -0.39 is 0 Å². The lowest BCUT2D eigenvalue weighted by atomic mass is 10.1. The van der Waals surface area contributed by atoms with Crippen LogP contribution in [0.25, 0.3) is 38.3 Å². The van der Waals surface area contributed by atoms with Crippen LogP contribution in [-0.4, -0.2) is 4.57 Å². The molecule has 0 fully saturated rings. The Labute approximate surface area is 300 Å². The summed E-state index contributed by atoms with van der Waals surface area (Å²) in [4.78, 5) is 4.66. The lowest BCUT2D eigenvalue weighted by Gasteiger charge is -2.30. The Kier molecular flexibility index (Phi) is 7.64. The van der Waals surface area contributed by atoms with E-state index in [0.29, 0.717) is 0 Å². The molecule has 4 heteroatoms. The van der Waals surface area contributed by atoms with Gasteiger partial charge in [0.2, 0.25) is 0 Å². The Bertz CT molecular complexity index is 2570. The maximum Gasteiger partial charge on any atom is 0.0561 e. The second-order valence-corrected chi connectivity index (χ2v) is 13.3. The topological polar surface area (TPSA) is 11.4 Å². The van der Waals surface area contributed by atoms with Crippen LogP contribution in [0.5, 0.6) is 0 Å². The normalized spacial score (nSPS) is 11.3. The number of nitrogens with zero attached hydrogens (tertiary/aromatic N) is 3. The largest absolute Gasteiger partial charge is 0.310 e. The highest BCUT2D eigenvalue weighted by Crippen LogP contribution is 2.44. The molecule has 1 aromatic heterocycles. The zero-order valence-corrected chi connectivity index (χ0v) is 28.8. The number of benzene rings is 8. The first-order valence-electron chi connectivity index (χ1n) is 16.8. The zero-order chi connectivity index (χ0) is 33.4. The number of fused-ring (bicyclic) bond motifs is 4. The molecule has 8 aromatic carbocycles. The molecule has 0 saturated heterocycles. The monoisotopic (exact) mass is 705 g/mol. The van der Waals surface area contributed by atoms with Crippen LogP contribution in [0.3, 0.4) is 0 Å². The minimum atomic E-state index is 0.995. The summed E-state index contributed by atoms with van der Waals surface area (Å²) in [5, 5.41) is 4.92. The van der Waals surface area contributed by atoms with Crippen LogP contribution in [0.15, 0.2) is 199 Å². The highest BCUT2D eigenvalue weighted by Gasteiger charge is 2.20. The summed E-state index contributed by atoms with van der Waals surface area (Å²) in [6.45, 7) is 0. The molecular weight excluding hydrogens is 674 g/mol. The number of anilines is 6. The summed E-state index contributed by atoms with van der Waals surface area (Å²) in [5.41, 5.74) is 9.93. The van der Waals surface area contributed by atoms with Crippen molar-refractivity contribution in [2.75, 3.05) is 9.80 Å². The fourth-order valence-corrected chi connectivity index (χ4v) is 7.60. The maximum atomic E-state index is 3.91. The molecule has 0 aliphatic carbocycles. The number of aromatic nitrogens is 1. The summed E-state index contributed by atoms with van der Waals surface area (Å²) in [7, 11) is 0. The van der Waals surface area contributed by atoms with E-state index in [1.54, 1.807) is 0 Å². The van der Waals surface area contributed by atoms with Crippen molar-refractivity contribution in [1.82, 2.24) is 4.57 Å². The third-order valence-corrected chi connectivity index (χ3v) is 9.79. The molecule has 0 radical (unpaired) electrons. The Morgan fingerprint density at radius 2 is 0.860 bits per heavy atom. The summed E-state index contributed by atoms with van der Waals surface area (Å²) >= 11 is 3.91. The van der Waals surface area contributed by atoms with E-state index in [9.17, 15) is 0 Å². The van der Waals surface area contributed by atoms with Crippen LogP contribution < -0.4 is 9.80 Å². The van der Waals surface area contributed by atoms with Crippen LogP contribution in [0.1, 0.15) is 0 Å². The Morgan fingerprint density at radius 1 is 0.340 bits per heavy atom. The van der Waals surface area contributed by atoms with E-state index in [-0.39, 0.29) is 0 Å². The molecule has 0 spiro atoms. The molecule has 50 heavy (non-hydrogen) atoms. The predicted molar refractivity (Wildman–Crippen MR) is 215 cm³/mol. The van der Waals surface area contributed by atoms with Crippen LogP contribution >= 0.6 is 15.9 Å². The van der Waals surface area contributed by atoms with Crippen molar-refractivity contribution in [3.05, 3.63) is 199 Å². The number of rotatable bonds is 7. The average Bonchev–Trinajstić information content (AvgIpc) is 3.50. The van der Waals surface area contributed by atoms with E-state index in [2.05, 4.69) is 224 Å². The minimum Gasteiger partial charge on any atom is -0.310 e. The smallest absolute Gasteiger partial charge is 0.0561 e. The summed E-state index contributed by atoms with van der Waals surface area (Å²) in [5.74, 6) is 0. The third-order valence-electron chi connectivity index (χ3n) is 9.33. The predicted octanol–water partition coefficient (Wildman–Crippen LogP) is 13.6. The first kappa shape index (κ1) is 30.0. The molecule has 1 heterocycles. The molecule has 0 aliphatic rings.